The van der Waals surface area contributed by atoms with Crippen molar-refractivity contribution in [2.45, 2.75) is 70.1 Å². The first-order chi connectivity index (χ1) is 10.1. The standard InChI is InChI=1S/C16H30N2O3/c1-13(17)5-2-8-16(19)18(11-14-6-3-9-20-14)12-15-7-4-10-21-15/h13-15H,2-12,17H2,1H3. The topological polar surface area (TPSA) is 64.8 Å². The quantitative estimate of drug-likeness (QED) is 0.740. The Hall–Kier alpha value is -0.650. The highest BCUT2D eigenvalue weighted by atomic mass is 16.5. The van der Waals surface area contributed by atoms with Crippen molar-refractivity contribution < 1.29 is 14.3 Å². The summed E-state index contributed by atoms with van der Waals surface area (Å²) in [6.07, 6.45) is 7.12. The lowest BCUT2D eigenvalue weighted by Crippen LogP contribution is -2.42. The Morgan fingerprint density at radius 3 is 2.19 bits per heavy atom. The molecule has 2 rings (SSSR count). The second-order valence-corrected chi connectivity index (χ2v) is 6.44. The lowest BCUT2D eigenvalue weighted by Gasteiger charge is -2.28. The number of rotatable bonds is 8. The average molecular weight is 298 g/mol. The third kappa shape index (κ3) is 5.93. The van der Waals surface area contributed by atoms with E-state index in [-0.39, 0.29) is 24.2 Å². The van der Waals surface area contributed by atoms with E-state index in [1.54, 1.807) is 0 Å². The summed E-state index contributed by atoms with van der Waals surface area (Å²) in [5.41, 5.74) is 5.75. The molecule has 0 bridgehead atoms. The molecule has 5 heteroatoms. The Balaban J connectivity index is 1.81. The van der Waals surface area contributed by atoms with Gasteiger partial charge in [-0.3, -0.25) is 4.79 Å². The molecule has 2 fully saturated rings. The first kappa shape index (κ1) is 16.7. The van der Waals surface area contributed by atoms with Crippen molar-refractivity contribution in [2.24, 2.45) is 5.73 Å². The van der Waals surface area contributed by atoms with E-state index in [0.717, 1.165) is 64.8 Å². The highest BCUT2D eigenvalue weighted by Crippen LogP contribution is 2.18. The second-order valence-electron chi connectivity index (χ2n) is 6.44. The van der Waals surface area contributed by atoms with Gasteiger partial charge in [0.2, 0.25) is 5.91 Å². The number of amides is 1. The monoisotopic (exact) mass is 298 g/mol. The van der Waals surface area contributed by atoms with E-state index in [0.29, 0.717) is 6.42 Å². The molecule has 2 aliphatic rings. The van der Waals surface area contributed by atoms with Crippen molar-refractivity contribution in [1.29, 1.82) is 0 Å². The number of ether oxygens (including phenoxy) is 2. The maximum Gasteiger partial charge on any atom is 0.222 e. The number of carbonyl (C=O) groups excluding carboxylic acids is 1. The average Bonchev–Trinajstić information content (AvgIpc) is 3.10. The fraction of sp³-hybridized carbons (Fsp3) is 0.938. The van der Waals surface area contributed by atoms with Crippen LogP contribution in [0.25, 0.3) is 0 Å². The highest BCUT2D eigenvalue weighted by Gasteiger charge is 2.26. The Morgan fingerprint density at radius 2 is 1.76 bits per heavy atom. The highest BCUT2D eigenvalue weighted by molar-refractivity contribution is 5.76. The van der Waals surface area contributed by atoms with Crippen LogP contribution in [0, 0.1) is 0 Å². The molecular weight excluding hydrogens is 268 g/mol. The Labute approximate surface area is 128 Å². The van der Waals surface area contributed by atoms with Crippen molar-refractivity contribution in [3.8, 4) is 0 Å². The smallest absolute Gasteiger partial charge is 0.222 e. The van der Waals surface area contributed by atoms with Crippen molar-refractivity contribution in [3.05, 3.63) is 0 Å². The van der Waals surface area contributed by atoms with Crippen LogP contribution < -0.4 is 5.73 Å². The maximum absolute atomic E-state index is 12.5. The molecule has 0 aromatic heterocycles. The summed E-state index contributed by atoms with van der Waals surface area (Å²) in [6.45, 7) is 5.09. The predicted molar refractivity (Wildman–Crippen MR) is 82.0 cm³/mol. The number of carbonyl (C=O) groups is 1. The molecular formula is C16H30N2O3. The third-order valence-electron chi connectivity index (χ3n) is 4.30. The molecule has 2 aliphatic heterocycles. The van der Waals surface area contributed by atoms with Gasteiger partial charge in [0.1, 0.15) is 0 Å². The molecule has 122 valence electrons. The van der Waals surface area contributed by atoms with Crippen LogP contribution in [0.3, 0.4) is 0 Å². The molecule has 1 amide bonds. The summed E-state index contributed by atoms with van der Waals surface area (Å²) in [6, 6.07) is 0.169. The number of nitrogens with zero attached hydrogens (tertiary/aromatic N) is 1. The summed E-state index contributed by atoms with van der Waals surface area (Å²) in [5, 5.41) is 0. The van der Waals surface area contributed by atoms with E-state index in [4.69, 9.17) is 15.2 Å². The van der Waals surface area contributed by atoms with Gasteiger partial charge in [-0.15, -0.1) is 0 Å². The fourth-order valence-corrected chi connectivity index (χ4v) is 3.08. The summed E-state index contributed by atoms with van der Waals surface area (Å²) in [4.78, 5) is 14.4. The van der Waals surface area contributed by atoms with E-state index in [1.165, 1.54) is 0 Å². The first-order valence-corrected chi connectivity index (χ1v) is 8.41. The van der Waals surface area contributed by atoms with Gasteiger partial charge < -0.3 is 20.1 Å². The first-order valence-electron chi connectivity index (χ1n) is 8.41. The molecule has 21 heavy (non-hydrogen) atoms. The minimum Gasteiger partial charge on any atom is -0.376 e. The third-order valence-corrected chi connectivity index (χ3v) is 4.30. The van der Waals surface area contributed by atoms with Crippen molar-refractivity contribution in [3.63, 3.8) is 0 Å². The minimum atomic E-state index is 0.169. The summed E-state index contributed by atoms with van der Waals surface area (Å²) in [7, 11) is 0. The van der Waals surface area contributed by atoms with Gasteiger partial charge in [0, 0.05) is 38.8 Å². The molecule has 2 N–H and O–H groups in total. The lowest BCUT2D eigenvalue weighted by atomic mass is 10.1. The van der Waals surface area contributed by atoms with E-state index >= 15 is 0 Å². The molecule has 0 saturated carbocycles. The van der Waals surface area contributed by atoms with Gasteiger partial charge in [0.05, 0.1) is 12.2 Å². The summed E-state index contributed by atoms with van der Waals surface area (Å²) < 4.78 is 11.4. The predicted octanol–water partition coefficient (Wildman–Crippen LogP) is 1.69. The molecule has 2 heterocycles. The van der Waals surface area contributed by atoms with E-state index in [2.05, 4.69) is 0 Å². The molecule has 3 unspecified atom stereocenters. The number of hydrogen-bond donors (Lipinski definition) is 1. The Morgan fingerprint density at radius 1 is 1.19 bits per heavy atom. The number of hydrogen-bond acceptors (Lipinski definition) is 4. The van der Waals surface area contributed by atoms with Gasteiger partial charge in [-0.25, -0.2) is 0 Å². The minimum absolute atomic E-state index is 0.169. The van der Waals surface area contributed by atoms with E-state index in [9.17, 15) is 4.79 Å². The van der Waals surface area contributed by atoms with E-state index < -0.39 is 0 Å². The molecule has 0 aromatic rings. The fourth-order valence-electron chi connectivity index (χ4n) is 3.08. The molecule has 0 aromatic carbocycles. The Kier molecular flexibility index (Phi) is 6.93. The zero-order valence-electron chi connectivity index (χ0n) is 13.3. The molecule has 0 spiro atoms. The van der Waals surface area contributed by atoms with Crippen LogP contribution in [0.4, 0.5) is 0 Å². The molecule has 0 aliphatic carbocycles. The zero-order chi connectivity index (χ0) is 15.1. The van der Waals surface area contributed by atoms with Gasteiger partial charge in [-0.2, -0.15) is 0 Å². The van der Waals surface area contributed by atoms with Crippen molar-refractivity contribution in [1.82, 2.24) is 4.90 Å². The lowest BCUT2D eigenvalue weighted by molar-refractivity contribution is -0.134. The van der Waals surface area contributed by atoms with Gasteiger partial charge >= 0.3 is 0 Å². The summed E-state index contributed by atoms with van der Waals surface area (Å²) >= 11 is 0. The van der Waals surface area contributed by atoms with E-state index in [1.807, 2.05) is 11.8 Å². The van der Waals surface area contributed by atoms with Gasteiger partial charge in [0.15, 0.2) is 0 Å². The summed E-state index contributed by atoms with van der Waals surface area (Å²) in [5.74, 6) is 0.224. The second kappa shape index (κ2) is 8.71. The Bertz CT molecular complexity index is 293. The largest absolute Gasteiger partial charge is 0.376 e. The van der Waals surface area contributed by atoms with Crippen LogP contribution >= 0.6 is 0 Å². The van der Waals surface area contributed by atoms with Crippen molar-refractivity contribution in [2.75, 3.05) is 26.3 Å². The molecule has 2 saturated heterocycles. The van der Waals surface area contributed by atoms with Crippen LogP contribution in [0.2, 0.25) is 0 Å². The van der Waals surface area contributed by atoms with Gasteiger partial charge in [0.25, 0.3) is 0 Å². The molecule has 3 atom stereocenters. The van der Waals surface area contributed by atoms with Crippen LogP contribution in [0.15, 0.2) is 0 Å². The molecule has 0 radical (unpaired) electrons. The maximum atomic E-state index is 12.5. The normalized spacial score (nSPS) is 27.0. The van der Waals surface area contributed by atoms with Gasteiger partial charge in [-0.05, 0) is 45.4 Å². The zero-order valence-corrected chi connectivity index (χ0v) is 13.3. The van der Waals surface area contributed by atoms with Gasteiger partial charge in [-0.1, -0.05) is 0 Å². The number of nitrogens with two attached hydrogens (primary N) is 1. The van der Waals surface area contributed by atoms with Crippen LogP contribution in [-0.2, 0) is 14.3 Å². The van der Waals surface area contributed by atoms with Crippen LogP contribution in [0.1, 0.15) is 51.9 Å². The SMILES string of the molecule is CC(N)CCCC(=O)N(CC1CCCO1)CC1CCCO1. The molecule has 5 nitrogen and oxygen atoms in total. The van der Waals surface area contributed by atoms with Crippen LogP contribution in [-0.4, -0.2) is 55.4 Å². The van der Waals surface area contributed by atoms with Crippen molar-refractivity contribution >= 4 is 5.91 Å². The van der Waals surface area contributed by atoms with Crippen LogP contribution in [0.5, 0.6) is 0 Å².